The van der Waals surface area contributed by atoms with Gasteiger partial charge in [-0.2, -0.15) is 0 Å². The maximum Gasteiger partial charge on any atom is 0.0430 e. The zero-order chi connectivity index (χ0) is 13.0. The van der Waals surface area contributed by atoms with E-state index >= 15 is 0 Å². The van der Waals surface area contributed by atoms with E-state index in [-0.39, 0.29) is 5.54 Å². The van der Waals surface area contributed by atoms with Crippen molar-refractivity contribution in [3.8, 4) is 0 Å². The Balaban J connectivity index is 2.37. The van der Waals surface area contributed by atoms with Gasteiger partial charge >= 0.3 is 0 Å². The van der Waals surface area contributed by atoms with E-state index in [2.05, 4.69) is 43.0 Å². The van der Waals surface area contributed by atoms with Crippen LogP contribution < -0.4 is 10.6 Å². The minimum atomic E-state index is -0.0998. The number of para-hydroxylation sites is 1. The second kappa shape index (κ2) is 5.75. The van der Waals surface area contributed by atoms with Crippen LogP contribution in [0.2, 0.25) is 0 Å². The molecule has 100 valence electrons. The van der Waals surface area contributed by atoms with Crippen LogP contribution in [0, 0.1) is 0 Å². The summed E-state index contributed by atoms with van der Waals surface area (Å²) in [6.07, 6.45) is 6.13. The summed E-state index contributed by atoms with van der Waals surface area (Å²) in [5.74, 6) is 0. The van der Waals surface area contributed by atoms with Crippen LogP contribution >= 0.6 is 0 Å². The highest BCUT2D eigenvalue weighted by molar-refractivity contribution is 5.56. The fraction of sp³-hybridized carbons (Fsp3) is 0.625. The molecule has 0 spiro atoms. The lowest BCUT2D eigenvalue weighted by atomic mass is 9.76. The SMILES string of the molecule is CCN(CC)c1ccccc1C1(N)CCCCC1. The molecular weight excluding hydrogens is 220 g/mol. The molecule has 2 heteroatoms. The normalized spacial score (nSPS) is 18.6. The second-order valence-corrected chi connectivity index (χ2v) is 5.41. The van der Waals surface area contributed by atoms with Gasteiger partial charge in [-0.1, -0.05) is 37.5 Å². The van der Waals surface area contributed by atoms with Crippen molar-refractivity contribution in [1.82, 2.24) is 0 Å². The van der Waals surface area contributed by atoms with Gasteiger partial charge in [-0.3, -0.25) is 0 Å². The van der Waals surface area contributed by atoms with E-state index in [1.165, 1.54) is 30.5 Å². The minimum absolute atomic E-state index is 0.0998. The summed E-state index contributed by atoms with van der Waals surface area (Å²) in [6, 6.07) is 8.72. The Morgan fingerprint density at radius 1 is 1.06 bits per heavy atom. The van der Waals surface area contributed by atoms with E-state index < -0.39 is 0 Å². The third-order valence-electron chi connectivity index (χ3n) is 4.29. The summed E-state index contributed by atoms with van der Waals surface area (Å²) in [4.78, 5) is 2.42. The van der Waals surface area contributed by atoms with Gasteiger partial charge in [-0.05, 0) is 38.3 Å². The highest BCUT2D eigenvalue weighted by atomic mass is 15.1. The van der Waals surface area contributed by atoms with Gasteiger partial charge in [0.2, 0.25) is 0 Å². The van der Waals surface area contributed by atoms with E-state index in [0.717, 1.165) is 25.9 Å². The highest BCUT2D eigenvalue weighted by Crippen LogP contribution is 2.39. The van der Waals surface area contributed by atoms with Crippen LogP contribution in [0.15, 0.2) is 24.3 Å². The zero-order valence-corrected chi connectivity index (χ0v) is 11.8. The molecule has 0 amide bonds. The zero-order valence-electron chi connectivity index (χ0n) is 11.8. The fourth-order valence-electron chi connectivity index (χ4n) is 3.19. The Hall–Kier alpha value is -1.02. The van der Waals surface area contributed by atoms with Gasteiger partial charge in [-0.25, -0.2) is 0 Å². The molecule has 0 radical (unpaired) electrons. The smallest absolute Gasteiger partial charge is 0.0430 e. The van der Waals surface area contributed by atoms with Gasteiger partial charge in [0, 0.05) is 24.3 Å². The molecule has 0 saturated heterocycles. The Labute approximate surface area is 111 Å². The van der Waals surface area contributed by atoms with Crippen LogP contribution in [-0.4, -0.2) is 13.1 Å². The molecule has 1 aromatic carbocycles. The molecule has 0 unspecified atom stereocenters. The fourth-order valence-corrected chi connectivity index (χ4v) is 3.19. The predicted molar refractivity (Wildman–Crippen MR) is 79.0 cm³/mol. The molecule has 0 aliphatic heterocycles. The van der Waals surface area contributed by atoms with Crippen LogP contribution in [0.1, 0.15) is 51.5 Å². The van der Waals surface area contributed by atoms with Gasteiger partial charge in [-0.15, -0.1) is 0 Å². The Kier molecular flexibility index (Phi) is 4.28. The number of nitrogens with zero attached hydrogens (tertiary/aromatic N) is 1. The third-order valence-corrected chi connectivity index (χ3v) is 4.29. The molecule has 2 N–H and O–H groups in total. The Morgan fingerprint density at radius 2 is 1.67 bits per heavy atom. The van der Waals surface area contributed by atoms with E-state index in [0.29, 0.717) is 0 Å². The first-order valence-electron chi connectivity index (χ1n) is 7.34. The van der Waals surface area contributed by atoms with Crippen molar-refractivity contribution in [2.45, 2.75) is 51.5 Å². The summed E-state index contributed by atoms with van der Waals surface area (Å²) >= 11 is 0. The molecule has 0 aromatic heterocycles. The van der Waals surface area contributed by atoms with Crippen LogP contribution in [0.3, 0.4) is 0 Å². The molecule has 0 bridgehead atoms. The molecule has 2 nitrogen and oxygen atoms in total. The molecule has 1 fully saturated rings. The van der Waals surface area contributed by atoms with E-state index in [9.17, 15) is 0 Å². The van der Waals surface area contributed by atoms with Crippen molar-refractivity contribution >= 4 is 5.69 Å². The van der Waals surface area contributed by atoms with Crippen LogP contribution in [-0.2, 0) is 5.54 Å². The summed E-state index contributed by atoms with van der Waals surface area (Å²) in [6.45, 7) is 6.52. The van der Waals surface area contributed by atoms with Crippen molar-refractivity contribution in [1.29, 1.82) is 0 Å². The average molecular weight is 246 g/mol. The van der Waals surface area contributed by atoms with Crippen molar-refractivity contribution in [2.75, 3.05) is 18.0 Å². The van der Waals surface area contributed by atoms with Crippen molar-refractivity contribution < 1.29 is 0 Å². The minimum Gasteiger partial charge on any atom is -0.372 e. The Bertz CT molecular complexity index is 376. The van der Waals surface area contributed by atoms with E-state index in [4.69, 9.17) is 5.73 Å². The summed E-state index contributed by atoms with van der Waals surface area (Å²) in [5, 5.41) is 0. The molecule has 18 heavy (non-hydrogen) atoms. The molecule has 1 aromatic rings. The summed E-state index contributed by atoms with van der Waals surface area (Å²) < 4.78 is 0. The largest absolute Gasteiger partial charge is 0.372 e. The van der Waals surface area contributed by atoms with Gasteiger partial charge in [0.15, 0.2) is 0 Å². The van der Waals surface area contributed by atoms with Crippen LogP contribution in [0.4, 0.5) is 5.69 Å². The van der Waals surface area contributed by atoms with E-state index in [1.54, 1.807) is 0 Å². The molecule has 2 rings (SSSR count). The third kappa shape index (κ3) is 2.54. The number of hydrogen-bond acceptors (Lipinski definition) is 2. The number of hydrogen-bond donors (Lipinski definition) is 1. The average Bonchev–Trinajstić information content (AvgIpc) is 2.41. The summed E-state index contributed by atoms with van der Waals surface area (Å²) in [5.41, 5.74) is 9.30. The van der Waals surface area contributed by atoms with Crippen LogP contribution in [0.25, 0.3) is 0 Å². The molecule has 0 heterocycles. The second-order valence-electron chi connectivity index (χ2n) is 5.41. The molecular formula is C16H26N2. The first-order valence-corrected chi connectivity index (χ1v) is 7.34. The summed E-state index contributed by atoms with van der Waals surface area (Å²) in [7, 11) is 0. The molecule has 1 saturated carbocycles. The van der Waals surface area contributed by atoms with Crippen molar-refractivity contribution in [3.05, 3.63) is 29.8 Å². The van der Waals surface area contributed by atoms with Crippen LogP contribution in [0.5, 0.6) is 0 Å². The van der Waals surface area contributed by atoms with Gasteiger partial charge in [0.25, 0.3) is 0 Å². The molecule has 1 aliphatic carbocycles. The standard InChI is InChI=1S/C16H26N2/c1-3-18(4-2)15-11-7-6-10-14(15)16(17)12-8-5-9-13-16/h6-7,10-11H,3-5,8-9,12-13,17H2,1-2H3. The first kappa shape index (κ1) is 13.4. The topological polar surface area (TPSA) is 29.3 Å². The predicted octanol–water partition coefficient (Wildman–Crippen LogP) is 3.65. The van der Waals surface area contributed by atoms with Crippen molar-refractivity contribution in [2.24, 2.45) is 5.73 Å². The number of rotatable bonds is 4. The lowest BCUT2D eigenvalue weighted by molar-refractivity contribution is 0.302. The molecule has 1 aliphatic rings. The first-order chi connectivity index (χ1) is 8.71. The maximum atomic E-state index is 6.70. The lowest BCUT2D eigenvalue weighted by Gasteiger charge is -2.37. The maximum absolute atomic E-state index is 6.70. The van der Waals surface area contributed by atoms with Gasteiger partial charge in [0.05, 0.1) is 0 Å². The molecule has 0 atom stereocenters. The van der Waals surface area contributed by atoms with Gasteiger partial charge in [0.1, 0.15) is 0 Å². The van der Waals surface area contributed by atoms with Gasteiger partial charge < -0.3 is 10.6 Å². The van der Waals surface area contributed by atoms with Crippen molar-refractivity contribution in [3.63, 3.8) is 0 Å². The number of nitrogens with two attached hydrogens (primary N) is 1. The van der Waals surface area contributed by atoms with E-state index in [1.807, 2.05) is 0 Å². The Morgan fingerprint density at radius 3 is 2.28 bits per heavy atom. The number of anilines is 1. The lowest BCUT2D eigenvalue weighted by Crippen LogP contribution is -2.40. The monoisotopic (exact) mass is 246 g/mol. The quantitative estimate of drug-likeness (QED) is 0.878. The number of benzene rings is 1. The highest BCUT2D eigenvalue weighted by Gasteiger charge is 2.31.